The number of aryl methyl sites for hydroxylation is 1. The molecule has 0 fully saturated rings. The van der Waals surface area contributed by atoms with Crippen LogP contribution in [-0.2, 0) is 11.3 Å². The first-order valence-corrected chi connectivity index (χ1v) is 7.45. The van der Waals surface area contributed by atoms with Crippen molar-refractivity contribution in [2.75, 3.05) is 13.7 Å². The summed E-state index contributed by atoms with van der Waals surface area (Å²) in [6.07, 6.45) is 0.965. The summed E-state index contributed by atoms with van der Waals surface area (Å²) < 4.78 is 11.1. The molecule has 0 aliphatic rings. The van der Waals surface area contributed by atoms with Crippen LogP contribution in [0.1, 0.15) is 30.0 Å². The zero-order valence-corrected chi connectivity index (χ0v) is 13.3. The molecule has 0 saturated heterocycles. The third-order valence-corrected chi connectivity index (χ3v) is 3.50. The van der Waals surface area contributed by atoms with E-state index in [-0.39, 0.29) is 0 Å². The summed E-state index contributed by atoms with van der Waals surface area (Å²) in [5, 5.41) is 8.98. The highest BCUT2D eigenvalue weighted by Crippen LogP contribution is 2.30. The Balaban J connectivity index is 2.41. The molecule has 0 unspecified atom stereocenters. The van der Waals surface area contributed by atoms with Gasteiger partial charge in [-0.25, -0.2) is 0 Å². The van der Waals surface area contributed by atoms with Crippen LogP contribution >= 0.6 is 0 Å². The van der Waals surface area contributed by atoms with Gasteiger partial charge in [-0.2, -0.15) is 5.26 Å². The molecule has 2 aromatic carbocycles. The van der Waals surface area contributed by atoms with Crippen LogP contribution in [0.25, 0.3) is 11.1 Å². The van der Waals surface area contributed by atoms with Crippen molar-refractivity contribution < 1.29 is 9.47 Å². The van der Waals surface area contributed by atoms with Gasteiger partial charge in [-0.3, -0.25) is 0 Å². The largest absolute Gasteiger partial charge is 0.493 e. The number of nitriles is 1. The van der Waals surface area contributed by atoms with Crippen LogP contribution < -0.4 is 4.74 Å². The van der Waals surface area contributed by atoms with E-state index in [9.17, 15) is 0 Å². The van der Waals surface area contributed by atoms with Crippen LogP contribution in [-0.4, -0.2) is 13.7 Å². The first-order valence-electron chi connectivity index (χ1n) is 7.45. The fourth-order valence-corrected chi connectivity index (χ4v) is 2.40. The third-order valence-electron chi connectivity index (χ3n) is 3.50. The highest BCUT2D eigenvalue weighted by atomic mass is 16.5. The zero-order valence-electron chi connectivity index (χ0n) is 13.3. The Morgan fingerprint density at radius 2 is 1.95 bits per heavy atom. The maximum absolute atomic E-state index is 8.98. The van der Waals surface area contributed by atoms with Gasteiger partial charge in [0, 0.05) is 12.7 Å². The lowest BCUT2D eigenvalue weighted by molar-refractivity contribution is 0.180. The van der Waals surface area contributed by atoms with Crippen LogP contribution in [0.4, 0.5) is 0 Å². The first kappa shape index (κ1) is 16.1. The maximum atomic E-state index is 8.98. The molecule has 0 heterocycles. The average Bonchev–Trinajstić information content (AvgIpc) is 2.54. The smallest absolute Gasteiger partial charge is 0.125 e. The van der Waals surface area contributed by atoms with E-state index < -0.39 is 0 Å². The SMILES string of the molecule is CCCOc1cc(-c2ccc(C#N)cc2C)ccc1COC. The monoisotopic (exact) mass is 295 g/mol. The molecule has 0 radical (unpaired) electrons. The van der Waals surface area contributed by atoms with Crippen molar-refractivity contribution in [3.63, 3.8) is 0 Å². The van der Waals surface area contributed by atoms with E-state index >= 15 is 0 Å². The van der Waals surface area contributed by atoms with Crippen molar-refractivity contribution in [2.45, 2.75) is 26.9 Å². The van der Waals surface area contributed by atoms with Gasteiger partial charge >= 0.3 is 0 Å². The van der Waals surface area contributed by atoms with E-state index in [1.807, 2.05) is 31.2 Å². The van der Waals surface area contributed by atoms with Crippen LogP contribution in [0.2, 0.25) is 0 Å². The number of hydrogen-bond acceptors (Lipinski definition) is 3. The molecule has 2 aromatic rings. The molecule has 2 rings (SSSR count). The standard InChI is InChI=1S/C19H21NO2/c1-4-9-22-19-11-16(6-7-17(19)13-21-3)18-8-5-15(12-20)10-14(18)2/h5-8,10-11H,4,9,13H2,1-3H3. The number of nitrogens with zero attached hydrogens (tertiary/aromatic N) is 1. The van der Waals surface area contributed by atoms with Gasteiger partial charge in [0.1, 0.15) is 5.75 Å². The molecule has 0 spiro atoms. The van der Waals surface area contributed by atoms with E-state index in [4.69, 9.17) is 14.7 Å². The molecule has 0 atom stereocenters. The van der Waals surface area contributed by atoms with Crippen molar-refractivity contribution in [2.24, 2.45) is 0 Å². The van der Waals surface area contributed by atoms with Crippen molar-refractivity contribution >= 4 is 0 Å². The molecule has 0 amide bonds. The third kappa shape index (κ3) is 3.66. The van der Waals surface area contributed by atoms with Crippen LogP contribution in [0, 0.1) is 18.3 Å². The Labute approximate surface area is 132 Å². The summed E-state index contributed by atoms with van der Waals surface area (Å²) in [5.74, 6) is 0.866. The Bertz CT molecular complexity index is 686. The lowest BCUT2D eigenvalue weighted by Crippen LogP contribution is -2.00. The summed E-state index contributed by atoms with van der Waals surface area (Å²) in [6, 6.07) is 14.1. The number of rotatable bonds is 6. The average molecular weight is 295 g/mol. The van der Waals surface area contributed by atoms with Gasteiger partial charge in [-0.05, 0) is 48.2 Å². The molecule has 0 aliphatic heterocycles. The molecule has 3 nitrogen and oxygen atoms in total. The highest BCUT2D eigenvalue weighted by Gasteiger charge is 2.09. The molecule has 0 aliphatic carbocycles. The first-order chi connectivity index (χ1) is 10.7. The zero-order chi connectivity index (χ0) is 15.9. The van der Waals surface area contributed by atoms with E-state index in [1.165, 1.54) is 0 Å². The van der Waals surface area contributed by atoms with E-state index in [0.29, 0.717) is 18.8 Å². The summed E-state index contributed by atoms with van der Waals surface area (Å²) in [7, 11) is 1.68. The normalized spacial score (nSPS) is 10.3. The molecular weight excluding hydrogens is 274 g/mol. The molecule has 114 valence electrons. The number of methoxy groups -OCH3 is 1. The second-order valence-electron chi connectivity index (χ2n) is 5.25. The molecular formula is C19H21NO2. The summed E-state index contributed by atoms with van der Waals surface area (Å²) in [4.78, 5) is 0. The van der Waals surface area contributed by atoms with Crippen molar-refractivity contribution in [3.8, 4) is 22.9 Å². The summed E-state index contributed by atoms with van der Waals surface area (Å²) in [6.45, 7) is 5.33. The van der Waals surface area contributed by atoms with E-state index in [0.717, 1.165) is 34.4 Å². The lowest BCUT2D eigenvalue weighted by Gasteiger charge is -2.14. The van der Waals surface area contributed by atoms with Gasteiger partial charge in [0.25, 0.3) is 0 Å². The fourth-order valence-electron chi connectivity index (χ4n) is 2.40. The lowest BCUT2D eigenvalue weighted by atomic mass is 9.97. The second kappa shape index (κ2) is 7.63. The van der Waals surface area contributed by atoms with Gasteiger partial charge < -0.3 is 9.47 Å². The molecule has 0 saturated carbocycles. The van der Waals surface area contributed by atoms with Gasteiger partial charge in [-0.15, -0.1) is 0 Å². The predicted molar refractivity (Wildman–Crippen MR) is 87.8 cm³/mol. The van der Waals surface area contributed by atoms with Crippen LogP contribution in [0.3, 0.4) is 0 Å². The maximum Gasteiger partial charge on any atom is 0.125 e. The quantitative estimate of drug-likeness (QED) is 0.789. The highest BCUT2D eigenvalue weighted by molar-refractivity contribution is 5.70. The Morgan fingerprint density at radius 3 is 2.59 bits per heavy atom. The second-order valence-corrected chi connectivity index (χ2v) is 5.25. The van der Waals surface area contributed by atoms with Crippen molar-refractivity contribution in [1.82, 2.24) is 0 Å². The minimum atomic E-state index is 0.533. The number of benzene rings is 2. The van der Waals surface area contributed by atoms with Gasteiger partial charge in [0.2, 0.25) is 0 Å². The van der Waals surface area contributed by atoms with Gasteiger partial charge in [-0.1, -0.05) is 25.1 Å². The van der Waals surface area contributed by atoms with Gasteiger partial charge in [0.15, 0.2) is 0 Å². The van der Waals surface area contributed by atoms with E-state index in [2.05, 4.69) is 25.1 Å². The van der Waals surface area contributed by atoms with Gasteiger partial charge in [0.05, 0.1) is 24.8 Å². The topological polar surface area (TPSA) is 42.2 Å². The minimum Gasteiger partial charge on any atom is -0.493 e. The summed E-state index contributed by atoms with van der Waals surface area (Å²) in [5.41, 5.74) is 5.02. The molecule has 0 N–H and O–H groups in total. The molecule has 0 bridgehead atoms. The Kier molecular flexibility index (Phi) is 5.57. The number of hydrogen-bond donors (Lipinski definition) is 0. The van der Waals surface area contributed by atoms with Crippen LogP contribution in [0.5, 0.6) is 5.75 Å². The van der Waals surface area contributed by atoms with Crippen molar-refractivity contribution in [1.29, 1.82) is 5.26 Å². The van der Waals surface area contributed by atoms with Crippen LogP contribution in [0.15, 0.2) is 36.4 Å². The Hall–Kier alpha value is -2.31. The molecule has 3 heteroatoms. The fraction of sp³-hybridized carbons (Fsp3) is 0.316. The molecule has 22 heavy (non-hydrogen) atoms. The Morgan fingerprint density at radius 1 is 1.14 bits per heavy atom. The molecule has 0 aromatic heterocycles. The number of ether oxygens (including phenoxy) is 2. The van der Waals surface area contributed by atoms with E-state index in [1.54, 1.807) is 7.11 Å². The minimum absolute atomic E-state index is 0.533. The van der Waals surface area contributed by atoms with Crippen molar-refractivity contribution in [3.05, 3.63) is 53.1 Å². The summed E-state index contributed by atoms with van der Waals surface area (Å²) >= 11 is 0. The predicted octanol–water partition coefficient (Wildman–Crippen LogP) is 4.47.